The molecule has 4 aromatic rings. The van der Waals surface area contributed by atoms with E-state index >= 15 is 0 Å². The van der Waals surface area contributed by atoms with E-state index in [2.05, 4.69) is 25.3 Å². The number of benzene rings is 2. The Bertz CT molecular complexity index is 1520. The normalized spacial score (nSPS) is 15.8. The molecule has 9 nitrogen and oxygen atoms in total. The lowest BCUT2D eigenvalue weighted by atomic mass is 10.0. The molecule has 39 heavy (non-hydrogen) atoms. The number of piperidine rings is 1. The number of nitrogens with two attached hydrogens (primary N) is 1. The Hall–Kier alpha value is -3.90. The molecule has 1 saturated heterocycles. The molecule has 204 valence electrons. The molecular formula is C27H29F2N7O2S. The van der Waals surface area contributed by atoms with Gasteiger partial charge in [-0.05, 0) is 48.7 Å². The quantitative estimate of drug-likeness (QED) is 0.219. The summed E-state index contributed by atoms with van der Waals surface area (Å²) in [4.78, 5) is 19.3. The summed E-state index contributed by atoms with van der Waals surface area (Å²) in [5, 5.41) is 4.11. The molecule has 12 heteroatoms. The molecule has 0 amide bonds. The number of aromatic nitrogens is 3. The number of allylic oxidation sites excluding steroid dienone is 1. The topological polar surface area (TPSA) is 111 Å². The smallest absolute Gasteiger partial charge is 0.251 e. The minimum atomic E-state index is -2.35. The second kappa shape index (κ2) is 11.9. The van der Waals surface area contributed by atoms with E-state index in [1.807, 2.05) is 35.8 Å². The molecule has 1 fully saturated rings. The van der Waals surface area contributed by atoms with Gasteiger partial charge in [0.1, 0.15) is 24.0 Å². The van der Waals surface area contributed by atoms with E-state index in [1.165, 1.54) is 13.4 Å². The van der Waals surface area contributed by atoms with Gasteiger partial charge in [0.25, 0.3) is 6.43 Å². The van der Waals surface area contributed by atoms with Crippen LogP contribution in [0.25, 0.3) is 26.7 Å². The Morgan fingerprint density at radius 1 is 1.21 bits per heavy atom. The van der Waals surface area contributed by atoms with Crippen LogP contribution in [0, 0.1) is 0 Å². The second-order valence-electron chi connectivity index (χ2n) is 9.13. The van der Waals surface area contributed by atoms with Crippen molar-refractivity contribution in [1.82, 2.24) is 19.9 Å². The lowest BCUT2D eigenvalue weighted by Gasteiger charge is -2.32. The van der Waals surface area contributed by atoms with E-state index in [-0.39, 0.29) is 18.5 Å². The van der Waals surface area contributed by atoms with Gasteiger partial charge in [0.2, 0.25) is 0 Å². The Morgan fingerprint density at radius 3 is 2.77 bits per heavy atom. The van der Waals surface area contributed by atoms with Crippen molar-refractivity contribution in [2.24, 2.45) is 10.7 Å². The van der Waals surface area contributed by atoms with Crippen LogP contribution in [-0.4, -0.2) is 72.4 Å². The summed E-state index contributed by atoms with van der Waals surface area (Å²) in [6.45, 7) is 0.846. The highest BCUT2D eigenvalue weighted by Crippen LogP contribution is 2.37. The Balaban J connectivity index is 1.55. The molecule has 0 bridgehead atoms. The largest absolute Gasteiger partial charge is 0.489 e. The lowest BCUT2D eigenvalue weighted by molar-refractivity contribution is 0.0483. The summed E-state index contributed by atoms with van der Waals surface area (Å²) in [5.41, 5.74) is 11.7. The van der Waals surface area contributed by atoms with Crippen molar-refractivity contribution in [3.8, 4) is 5.75 Å². The molecule has 3 heterocycles. The summed E-state index contributed by atoms with van der Waals surface area (Å²) >= 11 is 1.56. The van der Waals surface area contributed by atoms with E-state index in [1.54, 1.807) is 29.5 Å². The maximum Gasteiger partial charge on any atom is 0.251 e. The highest BCUT2D eigenvalue weighted by atomic mass is 32.1. The molecule has 3 N–H and O–H groups in total. The van der Waals surface area contributed by atoms with E-state index in [4.69, 9.17) is 15.2 Å². The number of nitrogens with zero attached hydrogens (tertiary/aromatic N) is 5. The predicted molar refractivity (Wildman–Crippen MR) is 151 cm³/mol. The highest BCUT2D eigenvalue weighted by molar-refractivity contribution is 7.16. The fraction of sp³-hybridized carbons (Fsp3) is 0.333. The number of hydrogen-bond donors (Lipinski definition) is 2. The summed E-state index contributed by atoms with van der Waals surface area (Å²) in [6, 6.07) is 9.68. The first-order valence-electron chi connectivity index (χ1n) is 12.5. The molecule has 0 saturated carbocycles. The highest BCUT2D eigenvalue weighted by Gasteiger charge is 2.24. The summed E-state index contributed by atoms with van der Waals surface area (Å²) < 4.78 is 38.7. The predicted octanol–water partition coefficient (Wildman–Crippen LogP) is 5.07. The van der Waals surface area contributed by atoms with Crippen molar-refractivity contribution in [3.63, 3.8) is 0 Å². The van der Waals surface area contributed by atoms with Gasteiger partial charge in [-0.15, -0.1) is 11.3 Å². The average molecular weight is 554 g/mol. The molecular weight excluding hydrogens is 524 g/mol. The number of hydrogen-bond acceptors (Lipinski definition) is 10. The van der Waals surface area contributed by atoms with Gasteiger partial charge >= 0.3 is 0 Å². The van der Waals surface area contributed by atoms with E-state index in [0.29, 0.717) is 59.5 Å². The van der Waals surface area contributed by atoms with Crippen LogP contribution < -0.4 is 15.8 Å². The van der Waals surface area contributed by atoms with Crippen molar-refractivity contribution in [1.29, 1.82) is 0 Å². The summed E-state index contributed by atoms with van der Waals surface area (Å²) in [5.74, 6) is 1.34. The van der Waals surface area contributed by atoms with Crippen molar-refractivity contribution in [3.05, 3.63) is 53.6 Å². The molecule has 2 aromatic carbocycles. The van der Waals surface area contributed by atoms with Crippen LogP contribution in [0.4, 0.5) is 20.3 Å². The van der Waals surface area contributed by atoms with E-state index in [9.17, 15) is 8.78 Å². The number of fused-ring (bicyclic) bond motifs is 2. The first-order valence-corrected chi connectivity index (χ1v) is 13.4. The van der Waals surface area contributed by atoms with Gasteiger partial charge in [0.05, 0.1) is 45.9 Å². The Morgan fingerprint density at radius 2 is 2.03 bits per heavy atom. The third-order valence-electron chi connectivity index (χ3n) is 6.57. The zero-order valence-electron chi connectivity index (χ0n) is 21.6. The minimum absolute atomic E-state index is 0.161. The van der Waals surface area contributed by atoms with Crippen molar-refractivity contribution in [2.45, 2.75) is 25.4 Å². The average Bonchev–Trinajstić information content (AvgIpc) is 3.40. The monoisotopic (exact) mass is 553 g/mol. The van der Waals surface area contributed by atoms with Gasteiger partial charge in [-0.3, -0.25) is 9.89 Å². The number of anilines is 2. The number of rotatable bonds is 9. The van der Waals surface area contributed by atoms with Crippen LogP contribution in [0.1, 0.15) is 18.4 Å². The number of alkyl halides is 2. The standard InChI is InChI=1S/C27H29F2N7O2S/c1-31-12-19(26(30)37-2)16-9-21-25(22(10-16)38-18-5-7-36(8-6-18)13-24(28)29)27(33-14-32-21)35-17-3-4-20-23(11-17)39-15-34-20/h3-4,9-12,14-15,18,24H,5-8,13,30H2,1-2H3,(H,32,33,35)/b26-19-,31-12?. The maximum absolute atomic E-state index is 12.9. The van der Waals surface area contributed by atoms with Crippen molar-refractivity contribution in [2.75, 3.05) is 39.1 Å². The molecule has 1 aliphatic rings. The number of likely N-dealkylation sites (tertiary alicyclic amines) is 1. The van der Waals surface area contributed by atoms with E-state index in [0.717, 1.165) is 15.9 Å². The fourth-order valence-corrected chi connectivity index (χ4v) is 5.39. The number of halogens is 2. The maximum atomic E-state index is 12.9. The number of aliphatic imine (C=N–C) groups is 1. The second-order valence-corrected chi connectivity index (χ2v) is 10.0. The van der Waals surface area contributed by atoms with Gasteiger partial charge < -0.3 is 20.5 Å². The first kappa shape index (κ1) is 26.7. The SMILES string of the molecule is CN=C/C(=C(\N)OC)c1cc(OC2CCN(CC(F)F)CC2)c2c(Nc3ccc4ncsc4c3)ncnc2c1. The van der Waals surface area contributed by atoms with Crippen LogP contribution in [-0.2, 0) is 4.74 Å². The molecule has 0 radical (unpaired) electrons. The van der Waals surface area contributed by atoms with Gasteiger partial charge in [-0.1, -0.05) is 0 Å². The zero-order chi connectivity index (χ0) is 27.4. The van der Waals surface area contributed by atoms with Gasteiger partial charge in [0, 0.05) is 32.0 Å². The minimum Gasteiger partial charge on any atom is -0.489 e. The van der Waals surface area contributed by atoms with Crippen LogP contribution in [0.5, 0.6) is 5.75 Å². The molecule has 5 rings (SSSR count). The van der Waals surface area contributed by atoms with Gasteiger partial charge in [-0.2, -0.15) is 0 Å². The number of ether oxygens (including phenoxy) is 2. The van der Waals surface area contributed by atoms with Crippen LogP contribution >= 0.6 is 11.3 Å². The molecule has 0 aliphatic carbocycles. The Kier molecular flexibility index (Phi) is 8.13. The van der Waals surface area contributed by atoms with Crippen molar-refractivity contribution >= 4 is 55.7 Å². The number of thiazole rings is 1. The molecule has 2 aromatic heterocycles. The van der Waals surface area contributed by atoms with Crippen molar-refractivity contribution < 1.29 is 18.3 Å². The lowest BCUT2D eigenvalue weighted by Crippen LogP contribution is -2.40. The zero-order valence-corrected chi connectivity index (χ0v) is 22.4. The number of nitrogens with one attached hydrogen (secondary N) is 1. The third kappa shape index (κ3) is 6.07. The van der Waals surface area contributed by atoms with Gasteiger partial charge in [-0.25, -0.2) is 23.7 Å². The van der Waals surface area contributed by atoms with Crippen LogP contribution in [0.3, 0.4) is 0 Å². The van der Waals surface area contributed by atoms with Crippen LogP contribution in [0.2, 0.25) is 0 Å². The fourth-order valence-electron chi connectivity index (χ4n) is 4.67. The summed E-state index contributed by atoms with van der Waals surface area (Å²) in [7, 11) is 3.15. The first-order chi connectivity index (χ1) is 18.9. The number of methoxy groups -OCH3 is 1. The summed E-state index contributed by atoms with van der Waals surface area (Å²) in [6.07, 6.45) is 1.84. The van der Waals surface area contributed by atoms with Crippen LogP contribution in [0.15, 0.2) is 53.0 Å². The van der Waals surface area contributed by atoms with E-state index < -0.39 is 6.43 Å². The molecule has 0 spiro atoms. The molecule has 1 aliphatic heterocycles. The molecule has 0 atom stereocenters. The Labute approximate surface area is 228 Å². The van der Waals surface area contributed by atoms with Gasteiger partial charge in [0.15, 0.2) is 5.88 Å². The molecule has 0 unspecified atom stereocenters. The third-order valence-corrected chi connectivity index (χ3v) is 7.37.